The Morgan fingerprint density at radius 3 is 2.65 bits per heavy atom. The fourth-order valence-electron chi connectivity index (χ4n) is 1.81. The van der Waals surface area contributed by atoms with Crippen molar-refractivity contribution in [2.75, 3.05) is 13.2 Å². The van der Waals surface area contributed by atoms with Crippen LogP contribution in [0.15, 0.2) is 18.2 Å². The lowest BCUT2D eigenvalue weighted by molar-refractivity contribution is -0.124. The molecule has 1 saturated carbocycles. The summed E-state index contributed by atoms with van der Waals surface area (Å²) in [5.74, 6) is -1.29. The first kappa shape index (κ1) is 17.0. The first-order valence-electron chi connectivity index (χ1n) is 7.17. The third kappa shape index (κ3) is 5.39. The van der Waals surface area contributed by atoms with E-state index in [-0.39, 0.29) is 35.6 Å². The van der Waals surface area contributed by atoms with Crippen molar-refractivity contribution in [3.05, 3.63) is 23.8 Å². The Kier molecular flexibility index (Phi) is 5.72. The Bertz CT molecular complexity index is 575. The molecule has 1 fully saturated rings. The summed E-state index contributed by atoms with van der Waals surface area (Å²) in [5.41, 5.74) is 0.0780. The molecule has 0 saturated heterocycles. The predicted molar refractivity (Wildman–Crippen MR) is 75.7 cm³/mol. The quantitative estimate of drug-likeness (QED) is 0.740. The van der Waals surface area contributed by atoms with Gasteiger partial charge in [0.25, 0.3) is 5.91 Å². The van der Waals surface area contributed by atoms with E-state index in [0.717, 1.165) is 12.8 Å². The second-order valence-electron chi connectivity index (χ2n) is 4.89. The molecule has 1 aromatic rings. The maximum absolute atomic E-state index is 12.3. The molecule has 0 atom stereocenters. The standard InChI is InChI=1S/C15H17F2NO5/c1-2-21-12-7-9(3-6-11(12)23-15(16)17)14(20)22-8-13(19)18-10-4-5-10/h3,6-7,10,15H,2,4-5,8H2,1H3,(H,18,19). The monoisotopic (exact) mass is 329 g/mol. The maximum atomic E-state index is 12.3. The van der Waals surface area contributed by atoms with Crippen LogP contribution in [0.1, 0.15) is 30.1 Å². The van der Waals surface area contributed by atoms with Gasteiger partial charge in [0.1, 0.15) is 0 Å². The van der Waals surface area contributed by atoms with Crippen LogP contribution in [0, 0.1) is 0 Å². The van der Waals surface area contributed by atoms with E-state index in [4.69, 9.17) is 9.47 Å². The predicted octanol–water partition coefficient (Wildman–Crippen LogP) is 2.12. The highest BCUT2D eigenvalue weighted by molar-refractivity contribution is 5.92. The van der Waals surface area contributed by atoms with Crippen molar-refractivity contribution in [2.24, 2.45) is 0 Å². The molecule has 8 heteroatoms. The third-order valence-electron chi connectivity index (χ3n) is 2.97. The van der Waals surface area contributed by atoms with Gasteiger partial charge in [-0.05, 0) is 38.0 Å². The number of ether oxygens (including phenoxy) is 3. The van der Waals surface area contributed by atoms with Crippen molar-refractivity contribution < 1.29 is 32.6 Å². The van der Waals surface area contributed by atoms with Gasteiger partial charge in [-0.2, -0.15) is 8.78 Å². The van der Waals surface area contributed by atoms with E-state index < -0.39 is 19.2 Å². The number of carbonyl (C=O) groups excluding carboxylic acids is 2. The number of amides is 1. The largest absolute Gasteiger partial charge is 0.490 e. The zero-order chi connectivity index (χ0) is 16.8. The highest BCUT2D eigenvalue weighted by atomic mass is 19.3. The van der Waals surface area contributed by atoms with E-state index >= 15 is 0 Å². The fourth-order valence-corrected chi connectivity index (χ4v) is 1.81. The summed E-state index contributed by atoms with van der Waals surface area (Å²) in [7, 11) is 0. The van der Waals surface area contributed by atoms with E-state index in [1.54, 1.807) is 6.92 Å². The molecular weight excluding hydrogens is 312 g/mol. The number of hydrogen-bond acceptors (Lipinski definition) is 5. The first-order valence-corrected chi connectivity index (χ1v) is 7.17. The molecular formula is C15H17F2NO5. The number of hydrogen-bond donors (Lipinski definition) is 1. The summed E-state index contributed by atoms with van der Waals surface area (Å²) >= 11 is 0. The molecule has 2 rings (SSSR count). The second-order valence-corrected chi connectivity index (χ2v) is 4.89. The SMILES string of the molecule is CCOc1cc(C(=O)OCC(=O)NC2CC2)ccc1OC(F)F. The molecule has 23 heavy (non-hydrogen) atoms. The first-order chi connectivity index (χ1) is 11.0. The lowest BCUT2D eigenvalue weighted by Crippen LogP contribution is -2.30. The van der Waals surface area contributed by atoms with Crippen LogP contribution in [0.25, 0.3) is 0 Å². The zero-order valence-electron chi connectivity index (χ0n) is 12.5. The van der Waals surface area contributed by atoms with Crippen molar-refractivity contribution in [2.45, 2.75) is 32.4 Å². The zero-order valence-corrected chi connectivity index (χ0v) is 12.5. The molecule has 1 aliphatic rings. The highest BCUT2D eigenvalue weighted by Gasteiger charge is 2.24. The van der Waals surface area contributed by atoms with E-state index in [0.29, 0.717) is 0 Å². The van der Waals surface area contributed by atoms with E-state index in [1.165, 1.54) is 18.2 Å². The van der Waals surface area contributed by atoms with Crippen LogP contribution in [-0.4, -0.2) is 37.7 Å². The Labute approximate surface area is 131 Å². The molecule has 0 heterocycles. The van der Waals surface area contributed by atoms with Crippen LogP contribution in [-0.2, 0) is 9.53 Å². The molecule has 1 aliphatic carbocycles. The fraction of sp³-hybridized carbons (Fsp3) is 0.467. The van der Waals surface area contributed by atoms with E-state index in [2.05, 4.69) is 10.1 Å². The van der Waals surface area contributed by atoms with Crippen LogP contribution in [0.4, 0.5) is 8.78 Å². The number of benzene rings is 1. The molecule has 1 N–H and O–H groups in total. The van der Waals surface area contributed by atoms with Gasteiger partial charge in [-0.25, -0.2) is 4.79 Å². The Morgan fingerprint density at radius 1 is 1.30 bits per heavy atom. The molecule has 0 radical (unpaired) electrons. The van der Waals surface area contributed by atoms with Gasteiger partial charge in [-0.3, -0.25) is 4.79 Å². The Hall–Kier alpha value is -2.38. The average Bonchev–Trinajstić information content (AvgIpc) is 3.30. The van der Waals surface area contributed by atoms with Gasteiger partial charge in [-0.15, -0.1) is 0 Å². The minimum atomic E-state index is -3.00. The Balaban J connectivity index is 1.98. The second kappa shape index (κ2) is 7.75. The van der Waals surface area contributed by atoms with Crippen LogP contribution in [0.5, 0.6) is 11.5 Å². The number of nitrogens with one attached hydrogen (secondary N) is 1. The van der Waals surface area contributed by atoms with Crippen molar-refractivity contribution in [3.63, 3.8) is 0 Å². The van der Waals surface area contributed by atoms with Gasteiger partial charge in [0.05, 0.1) is 12.2 Å². The van der Waals surface area contributed by atoms with Gasteiger partial charge >= 0.3 is 12.6 Å². The van der Waals surface area contributed by atoms with Gasteiger partial charge in [0, 0.05) is 6.04 Å². The van der Waals surface area contributed by atoms with Crippen molar-refractivity contribution in [3.8, 4) is 11.5 Å². The molecule has 0 bridgehead atoms. The van der Waals surface area contributed by atoms with Gasteiger partial charge in [0.15, 0.2) is 18.1 Å². The summed E-state index contributed by atoms with van der Waals surface area (Å²) in [6, 6.07) is 3.87. The van der Waals surface area contributed by atoms with Crippen LogP contribution >= 0.6 is 0 Å². The molecule has 0 aliphatic heterocycles. The summed E-state index contributed by atoms with van der Waals surface area (Å²) in [6.45, 7) is -1.52. The summed E-state index contributed by atoms with van der Waals surface area (Å²) < 4.78 is 39.0. The van der Waals surface area contributed by atoms with Crippen molar-refractivity contribution in [1.29, 1.82) is 0 Å². The van der Waals surface area contributed by atoms with Gasteiger partial charge in [-0.1, -0.05) is 0 Å². The summed E-state index contributed by atoms with van der Waals surface area (Å²) in [5, 5.41) is 2.68. The maximum Gasteiger partial charge on any atom is 0.387 e. The summed E-state index contributed by atoms with van der Waals surface area (Å²) in [4.78, 5) is 23.4. The lowest BCUT2D eigenvalue weighted by atomic mass is 10.2. The van der Waals surface area contributed by atoms with Gasteiger partial charge < -0.3 is 19.5 Å². The van der Waals surface area contributed by atoms with Crippen LogP contribution < -0.4 is 14.8 Å². The minimum Gasteiger partial charge on any atom is -0.490 e. The van der Waals surface area contributed by atoms with E-state index in [1.807, 2.05) is 0 Å². The third-order valence-corrected chi connectivity index (χ3v) is 2.97. The molecule has 0 unspecified atom stereocenters. The molecule has 0 spiro atoms. The van der Waals surface area contributed by atoms with Gasteiger partial charge in [0.2, 0.25) is 0 Å². The number of alkyl halides is 2. The minimum absolute atomic E-state index is 0.00434. The van der Waals surface area contributed by atoms with Crippen LogP contribution in [0.3, 0.4) is 0 Å². The normalized spacial score (nSPS) is 13.6. The topological polar surface area (TPSA) is 73.9 Å². The number of rotatable bonds is 8. The molecule has 0 aromatic heterocycles. The average molecular weight is 329 g/mol. The number of halogens is 2. The molecule has 126 valence electrons. The van der Waals surface area contributed by atoms with Crippen molar-refractivity contribution in [1.82, 2.24) is 5.32 Å². The molecule has 1 aromatic carbocycles. The Morgan fingerprint density at radius 2 is 2.04 bits per heavy atom. The smallest absolute Gasteiger partial charge is 0.387 e. The lowest BCUT2D eigenvalue weighted by Gasteiger charge is -2.12. The molecule has 6 nitrogen and oxygen atoms in total. The van der Waals surface area contributed by atoms with E-state index in [9.17, 15) is 18.4 Å². The molecule has 1 amide bonds. The number of esters is 1. The number of carbonyl (C=O) groups is 2. The van der Waals surface area contributed by atoms with Crippen LogP contribution in [0.2, 0.25) is 0 Å². The van der Waals surface area contributed by atoms with Crippen molar-refractivity contribution >= 4 is 11.9 Å². The summed E-state index contributed by atoms with van der Waals surface area (Å²) in [6.07, 6.45) is 1.87. The highest BCUT2D eigenvalue weighted by Crippen LogP contribution is 2.30.